The van der Waals surface area contributed by atoms with Crippen LogP contribution in [0.4, 0.5) is 4.79 Å². The van der Waals surface area contributed by atoms with E-state index in [1.807, 2.05) is 20.8 Å². The number of carbonyl (C=O) groups is 2. The van der Waals surface area contributed by atoms with Crippen molar-refractivity contribution in [2.75, 3.05) is 20.2 Å². The predicted octanol–water partition coefficient (Wildman–Crippen LogP) is 1.95. The SMILES string of the molecule is COc1ccccc1OC(=O)CNC(=O)NCC(C)(C)C. The number of ether oxygens (including phenoxy) is 2. The average molecular weight is 294 g/mol. The van der Waals surface area contributed by atoms with Crippen molar-refractivity contribution in [1.82, 2.24) is 10.6 Å². The van der Waals surface area contributed by atoms with Gasteiger partial charge in [0, 0.05) is 6.54 Å². The number of urea groups is 1. The Morgan fingerprint density at radius 2 is 1.71 bits per heavy atom. The molecule has 0 aliphatic heterocycles. The Kier molecular flexibility index (Phi) is 6.02. The molecule has 0 aromatic heterocycles. The van der Waals surface area contributed by atoms with Gasteiger partial charge >= 0.3 is 12.0 Å². The van der Waals surface area contributed by atoms with Gasteiger partial charge in [-0.1, -0.05) is 32.9 Å². The van der Waals surface area contributed by atoms with Crippen LogP contribution in [0, 0.1) is 5.41 Å². The van der Waals surface area contributed by atoms with E-state index >= 15 is 0 Å². The molecule has 0 spiro atoms. The number of para-hydroxylation sites is 2. The highest BCUT2D eigenvalue weighted by Crippen LogP contribution is 2.25. The molecule has 0 radical (unpaired) electrons. The van der Waals surface area contributed by atoms with Crippen LogP contribution in [0.2, 0.25) is 0 Å². The summed E-state index contributed by atoms with van der Waals surface area (Å²) in [6, 6.07) is 6.41. The maximum absolute atomic E-state index is 11.7. The van der Waals surface area contributed by atoms with Crippen LogP contribution in [0.3, 0.4) is 0 Å². The number of hydrogen-bond donors (Lipinski definition) is 2. The van der Waals surface area contributed by atoms with Crippen molar-refractivity contribution in [2.24, 2.45) is 5.41 Å². The summed E-state index contributed by atoms with van der Waals surface area (Å²) < 4.78 is 10.2. The summed E-state index contributed by atoms with van der Waals surface area (Å²) in [5.41, 5.74) is -0.0186. The lowest BCUT2D eigenvalue weighted by molar-refractivity contribution is -0.133. The lowest BCUT2D eigenvalue weighted by Crippen LogP contribution is -2.42. The number of nitrogens with one attached hydrogen (secondary N) is 2. The van der Waals surface area contributed by atoms with Gasteiger partial charge in [0.25, 0.3) is 0 Å². The van der Waals surface area contributed by atoms with E-state index in [1.165, 1.54) is 7.11 Å². The van der Waals surface area contributed by atoms with E-state index in [4.69, 9.17) is 9.47 Å². The van der Waals surface area contributed by atoms with Gasteiger partial charge in [-0.25, -0.2) is 9.59 Å². The van der Waals surface area contributed by atoms with Crippen LogP contribution in [0.15, 0.2) is 24.3 Å². The quantitative estimate of drug-likeness (QED) is 0.643. The van der Waals surface area contributed by atoms with Gasteiger partial charge in [-0.05, 0) is 17.5 Å². The van der Waals surface area contributed by atoms with E-state index in [1.54, 1.807) is 24.3 Å². The van der Waals surface area contributed by atoms with Crippen LogP contribution in [0.5, 0.6) is 11.5 Å². The first-order chi connectivity index (χ1) is 9.81. The van der Waals surface area contributed by atoms with Gasteiger partial charge in [0.15, 0.2) is 11.5 Å². The molecule has 2 amide bonds. The summed E-state index contributed by atoms with van der Waals surface area (Å²) in [7, 11) is 1.49. The van der Waals surface area contributed by atoms with Crippen molar-refractivity contribution in [1.29, 1.82) is 0 Å². The summed E-state index contributed by atoms with van der Waals surface area (Å²) in [6.45, 7) is 6.31. The standard InChI is InChI=1S/C15H22N2O4/c1-15(2,3)10-17-14(19)16-9-13(18)21-12-8-6-5-7-11(12)20-4/h5-8H,9-10H2,1-4H3,(H2,16,17,19). The summed E-state index contributed by atoms with van der Waals surface area (Å²) in [6.07, 6.45) is 0. The summed E-state index contributed by atoms with van der Waals surface area (Å²) in [4.78, 5) is 23.2. The molecule has 0 fully saturated rings. The molecule has 0 saturated heterocycles. The maximum Gasteiger partial charge on any atom is 0.331 e. The molecular formula is C15H22N2O4. The van der Waals surface area contributed by atoms with Crippen molar-refractivity contribution >= 4 is 12.0 Å². The fourth-order valence-electron chi connectivity index (χ4n) is 1.42. The molecule has 0 atom stereocenters. The largest absolute Gasteiger partial charge is 0.493 e. The van der Waals surface area contributed by atoms with Crippen molar-refractivity contribution in [3.05, 3.63) is 24.3 Å². The highest BCUT2D eigenvalue weighted by Gasteiger charge is 2.13. The number of carbonyl (C=O) groups excluding carboxylic acids is 2. The monoisotopic (exact) mass is 294 g/mol. The highest BCUT2D eigenvalue weighted by atomic mass is 16.6. The normalized spacial score (nSPS) is 10.7. The minimum absolute atomic E-state index is 0.0186. The second-order valence-corrected chi connectivity index (χ2v) is 5.72. The Labute approximate surface area is 124 Å². The van der Waals surface area contributed by atoms with Gasteiger partial charge in [0.1, 0.15) is 6.54 Å². The van der Waals surface area contributed by atoms with Gasteiger partial charge in [0.05, 0.1) is 7.11 Å². The van der Waals surface area contributed by atoms with Gasteiger partial charge in [0.2, 0.25) is 0 Å². The van der Waals surface area contributed by atoms with Crippen molar-refractivity contribution in [2.45, 2.75) is 20.8 Å². The molecule has 0 heterocycles. The van der Waals surface area contributed by atoms with Crippen LogP contribution in [0.25, 0.3) is 0 Å². The number of esters is 1. The van der Waals surface area contributed by atoms with E-state index in [0.717, 1.165) is 0 Å². The van der Waals surface area contributed by atoms with Crippen LogP contribution in [0.1, 0.15) is 20.8 Å². The lowest BCUT2D eigenvalue weighted by atomic mass is 9.97. The molecule has 6 nitrogen and oxygen atoms in total. The minimum atomic E-state index is -0.564. The van der Waals surface area contributed by atoms with Crippen LogP contribution < -0.4 is 20.1 Å². The number of hydrogen-bond acceptors (Lipinski definition) is 4. The third-order valence-corrected chi connectivity index (χ3v) is 2.47. The molecule has 1 aromatic rings. The number of rotatable bonds is 5. The van der Waals surface area contributed by atoms with Crippen LogP contribution in [-0.4, -0.2) is 32.2 Å². The topological polar surface area (TPSA) is 76.7 Å². The van der Waals surface area contributed by atoms with Gasteiger partial charge in [-0.3, -0.25) is 0 Å². The summed E-state index contributed by atoms with van der Waals surface area (Å²) >= 11 is 0. The van der Waals surface area contributed by atoms with E-state index in [-0.39, 0.29) is 12.0 Å². The van der Waals surface area contributed by atoms with E-state index in [0.29, 0.717) is 18.0 Å². The summed E-state index contributed by atoms with van der Waals surface area (Å²) in [5.74, 6) is 0.218. The van der Waals surface area contributed by atoms with Crippen LogP contribution >= 0.6 is 0 Å². The van der Waals surface area contributed by atoms with Crippen molar-refractivity contribution in [3.8, 4) is 11.5 Å². The molecule has 1 aromatic carbocycles. The zero-order chi connectivity index (χ0) is 15.9. The Morgan fingerprint density at radius 3 is 2.29 bits per heavy atom. The first-order valence-corrected chi connectivity index (χ1v) is 6.67. The number of methoxy groups -OCH3 is 1. The number of amides is 2. The van der Waals surface area contributed by atoms with Gasteiger partial charge in [-0.2, -0.15) is 0 Å². The zero-order valence-corrected chi connectivity index (χ0v) is 12.9. The van der Waals surface area contributed by atoms with Crippen LogP contribution in [-0.2, 0) is 4.79 Å². The molecule has 21 heavy (non-hydrogen) atoms. The van der Waals surface area contributed by atoms with Gasteiger partial charge < -0.3 is 20.1 Å². The first kappa shape index (κ1) is 16.8. The molecule has 0 aliphatic carbocycles. The molecular weight excluding hydrogens is 272 g/mol. The molecule has 116 valence electrons. The molecule has 0 bridgehead atoms. The third kappa shape index (κ3) is 6.65. The minimum Gasteiger partial charge on any atom is -0.493 e. The maximum atomic E-state index is 11.7. The average Bonchev–Trinajstić information content (AvgIpc) is 2.42. The zero-order valence-electron chi connectivity index (χ0n) is 12.9. The Balaban J connectivity index is 2.39. The summed E-state index contributed by atoms with van der Waals surface area (Å²) in [5, 5.41) is 5.13. The molecule has 2 N–H and O–H groups in total. The van der Waals surface area contributed by atoms with Crippen molar-refractivity contribution in [3.63, 3.8) is 0 Å². The highest BCUT2D eigenvalue weighted by molar-refractivity contribution is 5.82. The van der Waals surface area contributed by atoms with E-state index < -0.39 is 12.0 Å². The second kappa shape index (κ2) is 7.52. The first-order valence-electron chi connectivity index (χ1n) is 6.67. The predicted molar refractivity (Wildman–Crippen MR) is 79.5 cm³/mol. The molecule has 6 heteroatoms. The van der Waals surface area contributed by atoms with Gasteiger partial charge in [-0.15, -0.1) is 0 Å². The molecule has 1 rings (SSSR count). The second-order valence-electron chi connectivity index (χ2n) is 5.72. The smallest absolute Gasteiger partial charge is 0.331 e. The fraction of sp³-hybridized carbons (Fsp3) is 0.467. The molecule has 0 saturated carbocycles. The lowest BCUT2D eigenvalue weighted by Gasteiger charge is -2.18. The van der Waals surface area contributed by atoms with E-state index in [2.05, 4.69) is 10.6 Å². The Hall–Kier alpha value is -2.24. The third-order valence-electron chi connectivity index (χ3n) is 2.47. The molecule has 0 aliphatic rings. The fourth-order valence-corrected chi connectivity index (χ4v) is 1.42. The van der Waals surface area contributed by atoms with E-state index in [9.17, 15) is 9.59 Å². The Morgan fingerprint density at radius 1 is 1.10 bits per heavy atom. The Bertz CT molecular complexity index is 495. The van der Waals surface area contributed by atoms with Crippen molar-refractivity contribution < 1.29 is 19.1 Å². The molecule has 0 unspecified atom stereocenters. The number of benzene rings is 1.